The minimum Gasteiger partial charge on any atom is -0.467 e. The van der Waals surface area contributed by atoms with Crippen LogP contribution in [0, 0.1) is 11.6 Å². The van der Waals surface area contributed by atoms with E-state index in [2.05, 4.69) is 4.74 Å². The second kappa shape index (κ2) is 5.34. The molecule has 1 fully saturated rings. The van der Waals surface area contributed by atoms with Crippen LogP contribution in [0.2, 0.25) is 0 Å². The maximum absolute atomic E-state index is 13.6. The van der Waals surface area contributed by atoms with E-state index >= 15 is 0 Å². The maximum atomic E-state index is 13.6. The molecule has 0 saturated carbocycles. The topological polar surface area (TPSA) is 46.6 Å². The third-order valence-electron chi connectivity index (χ3n) is 3.15. The second-order valence-corrected chi connectivity index (χ2v) is 4.30. The van der Waals surface area contributed by atoms with E-state index < -0.39 is 29.6 Å². The Morgan fingerprint density at radius 3 is 2.74 bits per heavy atom. The van der Waals surface area contributed by atoms with Crippen LogP contribution in [0.5, 0.6) is 0 Å². The van der Waals surface area contributed by atoms with E-state index in [1.54, 1.807) is 0 Å². The summed E-state index contributed by atoms with van der Waals surface area (Å²) >= 11 is 0. The molecule has 0 aliphatic carbocycles. The van der Waals surface area contributed by atoms with Crippen LogP contribution < -0.4 is 0 Å². The molecular formula is C13H13F2NO3. The molecule has 2 rings (SSSR count). The minimum atomic E-state index is -0.930. The highest BCUT2D eigenvalue weighted by atomic mass is 19.1. The predicted molar refractivity (Wildman–Crippen MR) is 62.4 cm³/mol. The fourth-order valence-electron chi connectivity index (χ4n) is 2.21. The van der Waals surface area contributed by atoms with Gasteiger partial charge in [-0.2, -0.15) is 0 Å². The van der Waals surface area contributed by atoms with Crippen LogP contribution in [-0.4, -0.2) is 36.5 Å². The average molecular weight is 269 g/mol. The number of methoxy groups -OCH3 is 1. The van der Waals surface area contributed by atoms with E-state index in [1.165, 1.54) is 12.0 Å². The zero-order chi connectivity index (χ0) is 14.0. The standard InChI is InChI=1S/C13H13F2NO3/c1-19-13(18)11-3-2-6-16(11)12(17)9-5-4-8(14)7-10(9)15/h4-5,7,11H,2-3,6H2,1H3. The van der Waals surface area contributed by atoms with Crippen molar-refractivity contribution in [3.05, 3.63) is 35.4 Å². The number of rotatable bonds is 2. The van der Waals surface area contributed by atoms with E-state index in [0.717, 1.165) is 12.1 Å². The lowest BCUT2D eigenvalue weighted by Crippen LogP contribution is -2.41. The number of ether oxygens (including phenoxy) is 1. The Hall–Kier alpha value is -1.98. The Morgan fingerprint density at radius 2 is 2.11 bits per heavy atom. The summed E-state index contributed by atoms with van der Waals surface area (Å²) in [5.41, 5.74) is -0.239. The maximum Gasteiger partial charge on any atom is 0.328 e. The molecule has 1 amide bonds. The molecule has 1 aromatic carbocycles. The van der Waals surface area contributed by atoms with Gasteiger partial charge in [0.2, 0.25) is 0 Å². The quantitative estimate of drug-likeness (QED) is 0.768. The number of benzene rings is 1. The van der Waals surface area contributed by atoms with Crippen LogP contribution in [0.15, 0.2) is 18.2 Å². The fourth-order valence-corrected chi connectivity index (χ4v) is 2.21. The van der Waals surface area contributed by atoms with E-state index in [-0.39, 0.29) is 5.56 Å². The third kappa shape index (κ3) is 2.57. The molecule has 1 aromatic rings. The van der Waals surface area contributed by atoms with Crippen molar-refractivity contribution >= 4 is 11.9 Å². The lowest BCUT2D eigenvalue weighted by atomic mass is 10.1. The van der Waals surface area contributed by atoms with E-state index in [9.17, 15) is 18.4 Å². The van der Waals surface area contributed by atoms with Crippen LogP contribution >= 0.6 is 0 Å². The molecule has 19 heavy (non-hydrogen) atoms. The van der Waals surface area contributed by atoms with Crippen LogP contribution in [0.25, 0.3) is 0 Å². The van der Waals surface area contributed by atoms with Crippen molar-refractivity contribution in [2.24, 2.45) is 0 Å². The van der Waals surface area contributed by atoms with Crippen molar-refractivity contribution in [2.45, 2.75) is 18.9 Å². The molecule has 1 atom stereocenters. The highest BCUT2D eigenvalue weighted by molar-refractivity contribution is 5.97. The number of hydrogen-bond acceptors (Lipinski definition) is 3. The van der Waals surface area contributed by atoms with Gasteiger partial charge in [-0.15, -0.1) is 0 Å². The first-order chi connectivity index (χ1) is 9.04. The molecule has 1 unspecified atom stereocenters. The van der Waals surface area contributed by atoms with Gasteiger partial charge in [-0.05, 0) is 25.0 Å². The molecule has 1 aliphatic heterocycles. The van der Waals surface area contributed by atoms with E-state index in [1.807, 2.05) is 0 Å². The van der Waals surface area contributed by atoms with Crippen LogP contribution in [0.4, 0.5) is 8.78 Å². The summed E-state index contributed by atoms with van der Waals surface area (Å²) in [7, 11) is 1.24. The molecule has 0 aromatic heterocycles. The van der Waals surface area contributed by atoms with Gasteiger partial charge in [-0.25, -0.2) is 13.6 Å². The van der Waals surface area contributed by atoms with Crippen molar-refractivity contribution in [1.82, 2.24) is 4.90 Å². The Kier molecular flexibility index (Phi) is 3.78. The second-order valence-electron chi connectivity index (χ2n) is 4.30. The lowest BCUT2D eigenvalue weighted by Gasteiger charge is -2.22. The van der Waals surface area contributed by atoms with Crippen LogP contribution in [-0.2, 0) is 9.53 Å². The monoisotopic (exact) mass is 269 g/mol. The van der Waals surface area contributed by atoms with Gasteiger partial charge in [0.05, 0.1) is 12.7 Å². The summed E-state index contributed by atoms with van der Waals surface area (Å²) in [5, 5.41) is 0. The largest absolute Gasteiger partial charge is 0.467 e. The summed E-state index contributed by atoms with van der Waals surface area (Å²) < 4.78 is 31.0. The first kappa shape index (κ1) is 13.5. The molecule has 1 heterocycles. The van der Waals surface area contributed by atoms with Gasteiger partial charge in [-0.1, -0.05) is 0 Å². The first-order valence-electron chi connectivity index (χ1n) is 5.88. The van der Waals surface area contributed by atoms with Gasteiger partial charge in [0.1, 0.15) is 17.7 Å². The molecule has 1 saturated heterocycles. The number of carbonyl (C=O) groups is 2. The smallest absolute Gasteiger partial charge is 0.328 e. The molecule has 4 nitrogen and oxygen atoms in total. The Bertz CT molecular complexity index is 519. The van der Waals surface area contributed by atoms with E-state index in [4.69, 9.17) is 0 Å². The molecule has 6 heteroatoms. The van der Waals surface area contributed by atoms with Crippen molar-refractivity contribution in [3.63, 3.8) is 0 Å². The Morgan fingerprint density at radius 1 is 1.37 bits per heavy atom. The lowest BCUT2D eigenvalue weighted by molar-refractivity contribution is -0.145. The first-order valence-corrected chi connectivity index (χ1v) is 5.88. The van der Waals surface area contributed by atoms with E-state index in [0.29, 0.717) is 25.5 Å². The Balaban J connectivity index is 2.25. The van der Waals surface area contributed by atoms with Crippen LogP contribution in [0.3, 0.4) is 0 Å². The van der Waals surface area contributed by atoms with Gasteiger partial charge in [0.15, 0.2) is 0 Å². The SMILES string of the molecule is COC(=O)C1CCCN1C(=O)c1ccc(F)cc1F. The zero-order valence-corrected chi connectivity index (χ0v) is 10.4. The van der Waals surface area contributed by atoms with Crippen molar-refractivity contribution in [2.75, 3.05) is 13.7 Å². The van der Waals surface area contributed by atoms with Crippen molar-refractivity contribution < 1.29 is 23.1 Å². The Labute approximate surface area is 109 Å². The number of likely N-dealkylation sites (tertiary alicyclic amines) is 1. The number of hydrogen-bond donors (Lipinski definition) is 0. The molecule has 0 N–H and O–H groups in total. The molecular weight excluding hydrogens is 256 g/mol. The fraction of sp³-hybridized carbons (Fsp3) is 0.385. The number of esters is 1. The molecule has 1 aliphatic rings. The molecule has 102 valence electrons. The average Bonchev–Trinajstić information content (AvgIpc) is 2.86. The van der Waals surface area contributed by atoms with Crippen LogP contribution in [0.1, 0.15) is 23.2 Å². The third-order valence-corrected chi connectivity index (χ3v) is 3.15. The van der Waals surface area contributed by atoms with Gasteiger partial charge < -0.3 is 9.64 Å². The zero-order valence-electron chi connectivity index (χ0n) is 10.4. The van der Waals surface area contributed by atoms with Crippen molar-refractivity contribution in [3.8, 4) is 0 Å². The number of halogens is 2. The highest BCUT2D eigenvalue weighted by Gasteiger charge is 2.36. The predicted octanol–water partition coefficient (Wildman–Crippen LogP) is 1.74. The highest BCUT2D eigenvalue weighted by Crippen LogP contribution is 2.22. The van der Waals surface area contributed by atoms with Gasteiger partial charge in [0.25, 0.3) is 5.91 Å². The van der Waals surface area contributed by atoms with Gasteiger partial charge >= 0.3 is 5.97 Å². The summed E-state index contributed by atoms with van der Waals surface area (Å²) in [6, 6.07) is 2.05. The minimum absolute atomic E-state index is 0.239. The summed E-state index contributed by atoms with van der Waals surface area (Å²) in [6.07, 6.45) is 1.13. The van der Waals surface area contributed by atoms with Crippen molar-refractivity contribution in [1.29, 1.82) is 0 Å². The summed E-state index contributed by atoms with van der Waals surface area (Å²) in [5.74, 6) is -2.82. The molecule has 0 bridgehead atoms. The number of amides is 1. The normalized spacial score (nSPS) is 18.5. The van der Waals surface area contributed by atoms with Gasteiger partial charge in [0, 0.05) is 12.6 Å². The number of nitrogens with zero attached hydrogens (tertiary/aromatic N) is 1. The number of carbonyl (C=O) groups excluding carboxylic acids is 2. The summed E-state index contributed by atoms with van der Waals surface area (Å²) in [6.45, 7) is 0.357. The molecule has 0 spiro atoms. The molecule has 0 radical (unpaired) electrons. The summed E-state index contributed by atoms with van der Waals surface area (Å²) in [4.78, 5) is 25.0. The van der Waals surface area contributed by atoms with Gasteiger partial charge in [-0.3, -0.25) is 4.79 Å².